The van der Waals surface area contributed by atoms with Crippen molar-refractivity contribution in [1.29, 1.82) is 0 Å². The molecule has 0 unspecified atom stereocenters. The highest BCUT2D eigenvalue weighted by molar-refractivity contribution is 6.53. The van der Waals surface area contributed by atoms with E-state index in [1.807, 2.05) is 0 Å². The molecular formula is C6H4Cl2OSi. The summed E-state index contributed by atoms with van der Waals surface area (Å²) in [7, 11) is -0.265. The summed E-state index contributed by atoms with van der Waals surface area (Å²) in [6, 6.07) is 5.02. The third-order valence-electron chi connectivity index (χ3n) is 1.05. The molecule has 0 aliphatic heterocycles. The first-order valence-electron chi connectivity index (χ1n) is 2.59. The van der Waals surface area contributed by atoms with E-state index in [0.29, 0.717) is 10.0 Å². The Morgan fingerprint density at radius 2 is 2.00 bits per heavy atom. The summed E-state index contributed by atoms with van der Waals surface area (Å²) in [4.78, 5) is 8.71. The van der Waals surface area contributed by atoms with Gasteiger partial charge in [-0.15, -0.1) is 0 Å². The maximum atomic E-state index is 8.71. The predicted octanol–water partition coefficient (Wildman–Crippen LogP) is 1.23. The minimum absolute atomic E-state index is 0.265. The first kappa shape index (κ1) is 8.08. The van der Waals surface area contributed by atoms with E-state index in [4.69, 9.17) is 28.0 Å². The molecule has 0 amide bonds. The van der Waals surface area contributed by atoms with Gasteiger partial charge in [-0.1, -0.05) is 29.3 Å². The van der Waals surface area contributed by atoms with Crippen molar-refractivity contribution in [3.05, 3.63) is 28.2 Å². The molecule has 0 fully saturated rings. The molecule has 1 N–H and O–H groups in total. The molecule has 2 radical (unpaired) electrons. The van der Waals surface area contributed by atoms with Gasteiger partial charge < -0.3 is 4.80 Å². The van der Waals surface area contributed by atoms with E-state index >= 15 is 0 Å². The first-order chi connectivity index (χ1) is 4.74. The smallest absolute Gasteiger partial charge is 0.266 e. The van der Waals surface area contributed by atoms with Crippen LogP contribution in [0, 0.1) is 0 Å². The molecule has 0 saturated heterocycles. The highest BCUT2D eigenvalue weighted by Crippen LogP contribution is 2.12. The van der Waals surface area contributed by atoms with Gasteiger partial charge in [0.15, 0.2) is 0 Å². The van der Waals surface area contributed by atoms with E-state index in [1.54, 1.807) is 18.2 Å². The van der Waals surface area contributed by atoms with Crippen LogP contribution in [0.3, 0.4) is 0 Å². The van der Waals surface area contributed by atoms with Crippen molar-refractivity contribution in [2.24, 2.45) is 0 Å². The summed E-state index contributed by atoms with van der Waals surface area (Å²) < 4.78 is 0. The van der Waals surface area contributed by atoms with E-state index in [1.165, 1.54) is 0 Å². The second-order valence-corrected chi connectivity index (χ2v) is 3.34. The lowest BCUT2D eigenvalue weighted by atomic mass is 10.4. The van der Waals surface area contributed by atoms with E-state index in [2.05, 4.69) is 0 Å². The molecule has 0 atom stereocenters. The molecule has 0 aliphatic rings. The average Bonchev–Trinajstić information content (AvgIpc) is 1.88. The zero-order valence-electron chi connectivity index (χ0n) is 4.94. The van der Waals surface area contributed by atoms with Crippen LogP contribution < -0.4 is 5.19 Å². The van der Waals surface area contributed by atoms with Gasteiger partial charge in [-0.05, 0) is 17.3 Å². The van der Waals surface area contributed by atoms with Crippen LogP contribution in [0.25, 0.3) is 0 Å². The molecule has 0 aliphatic carbocycles. The Labute approximate surface area is 71.5 Å². The Morgan fingerprint density at radius 1 is 1.30 bits per heavy atom. The number of halogens is 2. The minimum atomic E-state index is -0.265. The largest absolute Gasteiger partial charge is 0.428 e. The van der Waals surface area contributed by atoms with Crippen LogP contribution in [0.15, 0.2) is 18.2 Å². The maximum Gasteiger partial charge on any atom is 0.266 e. The van der Waals surface area contributed by atoms with Crippen LogP contribution in [-0.4, -0.2) is 14.6 Å². The number of rotatable bonds is 1. The van der Waals surface area contributed by atoms with Gasteiger partial charge in [0, 0.05) is 10.0 Å². The first-order valence-corrected chi connectivity index (χ1v) is 4.29. The van der Waals surface area contributed by atoms with Crippen molar-refractivity contribution in [2.75, 3.05) is 0 Å². The highest BCUT2D eigenvalue weighted by Gasteiger charge is 1.99. The topological polar surface area (TPSA) is 20.2 Å². The van der Waals surface area contributed by atoms with Crippen LogP contribution in [-0.2, 0) is 0 Å². The molecule has 0 saturated carbocycles. The molecule has 0 aromatic heterocycles. The number of hydrogen-bond acceptors (Lipinski definition) is 1. The van der Waals surface area contributed by atoms with Crippen LogP contribution in [0.4, 0.5) is 0 Å². The predicted molar refractivity (Wildman–Crippen MR) is 44.1 cm³/mol. The summed E-state index contributed by atoms with van der Waals surface area (Å²) in [6.07, 6.45) is 0. The average molecular weight is 191 g/mol. The molecule has 0 heterocycles. The number of hydrogen-bond donors (Lipinski definition) is 1. The third kappa shape index (κ3) is 1.73. The fourth-order valence-electron chi connectivity index (χ4n) is 0.580. The lowest BCUT2D eigenvalue weighted by Gasteiger charge is -1.96. The van der Waals surface area contributed by atoms with Gasteiger partial charge in [0.1, 0.15) is 0 Å². The lowest BCUT2D eigenvalue weighted by Crippen LogP contribution is -2.13. The molecular weight excluding hydrogens is 187 g/mol. The van der Waals surface area contributed by atoms with Gasteiger partial charge in [-0.3, -0.25) is 0 Å². The fraction of sp³-hybridized carbons (Fsp3) is 0. The van der Waals surface area contributed by atoms with E-state index in [0.717, 1.165) is 5.19 Å². The molecule has 1 nitrogen and oxygen atoms in total. The molecule has 1 aromatic rings. The van der Waals surface area contributed by atoms with Gasteiger partial charge in [-0.25, -0.2) is 0 Å². The van der Waals surface area contributed by atoms with Gasteiger partial charge in [0.2, 0.25) is 0 Å². The molecule has 52 valence electrons. The zero-order valence-corrected chi connectivity index (χ0v) is 7.45. The zero-order chi connectivity index (χ0) is 7.56. The van der Waals surface area contributed by atoms with Gasteiger partial charge in [-0.2, -0.15) is 0 Å². The quantitative estimate of drug-likeness (QED) is 0.662. The molecule has 10 heavy (non-hydrogen) atoms. The van der Waals surface area contributed by atoms with Crippen LogP contribution in [0.5, 0.6) is 0 Å². The second-order valence-electron chi connectivity index (χ2n) is 1.74. The Kier molecular flexibility index (Phi) is 2.74. The van der Waals surface area contributed by atoms with Gasteiger partial charge >= 0.3 is 0 Å². The Hall–Kier alpha value is -0.0231. The van der Waals surface area contributed by atoms with Gasteiger partial charge in [0.05, 0.1) is 0 Å². The van der Waals surface area contributed by atoms with E-state index in [9.17, 15) is 0 Å². The van der Waals surface area contributed by atoms with Crippen LogP contribution in [0.1, 0.15) is 0 Å². The fourth-order valence-corrected chi connectivity index (χ4v) is 1.45. The molecule has 0 spiro atoms. The Balaban J connectivity index is 3.07. The lowest BCUT2D eigenvalue weighted by molar-refractivity contribution is 0.615. The summed E-state index contributed by atoms with van der Waals surface area (Å²) >= 11 is 11.3. The van der Waals surface area contributed by atoms with Crippen molar-refractivity contribution in [3.63, 3.8) is 0 Å². The summed E-state index contributed by atoms with van der Waals surface area (Å²) in [5, 5.41) is 1.84. The van der Waals surface area contributed by atoms with Gasteiger partial charge in [0.25, 0.3) is 9.76 Å². The van der Waals surface area contributed by atoms with E-state index in [-0.39, 0.29) is 9.76 Å². The third-order valence-corrected chi connectivity index (χ3v) is 2.43. The summed E-state index contributed by atoms with van der Waals surface area (Å²) in [5.41, 5.74) is 0. The van der Waals surface area contributed by atoms with Crippen molar-refractivity contribution in [3.8, 4) is 0 Å². The standard InChI is InChI=1S/C6H4Cl2OSi/c7-4-1-2-6(10-9)5(8)3-4/h1-3,9H. The maximum absolute atomic E-state index is 8.71. The minimum Gasteiger partial charge on any atom is -0.428 e. The van der Waals surface area contributed by atoms with Crippen molar-refractivity contribution in [1.82, 2.24) is 0 Å². The van der Waals surface area contributed by atoms with Crippen molar-refractivity contribution >= 4 is 38.2 Å². The Morgan fingerprint density at radius 3 is 2.50 bits per heavy atom. The van der Waals surface area contributed by atoms with Crippen molar-refractivity contribution < 1.29 is 4.80 Å². The van der Waals surface area contributed by atoms with Crippen LogP contribution >= 0.6 is 23.2 Å². The molecule has 0 bridgehead atoms. The Bertz CT molecular complexity index is 239. The van der Waals surface area contributed by atoms with E-state index < -0.39 is 0 Å². The number of benzene rings is 1. The molecule has 4 heteroatoms. The molecule has 1 rings (SSSR count). The summed E-state index contributed by atoms with van der Waals surface area (Å²) in [6.45, 7) is 0. The van der Waals surface area contributed by atoms with Crippen LogP contribution in [0.2, 0.25) is 10.0 Å². The normalized spacial score (nSPS) is 9.90. The highest BCUT2D eigenvalue weighted by atomic mass is 35.5. The summed E-state index contributed by atoms with van der Waals surface area (Å²) in [5.74, 6) is 0. The second kappa shape index (κ2) is 3.39. The SMILES string of the molecule is O[Si]c1ccc(Cl)cc1Cl. The molecule has 1 aromatic carbocycles. The van der Waals surface area contributed by atoms with Crippen molar-refractivity contribution in [2.45, 2.75) is 0 Å². The monoisotopic (exact) mass is 190 g/mol.